The fourth-order valence-corrected chi connectivity index (χ4v) is 5.00. The second kappa shape index (κ2) is 9.05. The van der Waals surface area contributed by atoms with Gasteiger partial charge in [-0.15, -0.1) is 0 Å². The normalized spacial score (nSPS) is 21.5. The van der Waals surface area contributed by atoms with Crippen LogP contribution < -0.4 is 10.6 Å². The summed E-state index contributed by atoms with van der Waals surface area (Å²) in [6.07, 6.45) is 9.46. The molecule has 2 unspecified atom stereocenters. The van der Waals surface area contributed by atoms with Crippen molar-refractivity contribution in [1.82, 2.24) is 30.6 Å². The Balaban J connectivity index is 1.15. The third-order valence-corrected chi connectivity index (χ3v) is 7.09. The van der Waals surface area contributed by atoms with Crippen LogP contribution in [0.5, 0.6) is 0 Å². The summed E-state index contributed by atoms with van der Waals surface area (Å²) in [5.74, 6) is 2.05. The maximum atomic E-state index is 4.63. The number of aromatic nitrogens is 4. The summed E-state index contributed by atoms with van der Waals surface area (Å²) in [5.41, 5.74) is 8.27. The molecular formula is C28H30N6. The minimum atomic E-state index is 0.276. The van der Waals surface area contributed by atoms with E-state index in [2.05, 4.69) is 92.1 Å². The molecule has 2 aliphatic heterocycles. The van der Waals surface area contributed by atoms with E-state index < -0.39 is 0 Å². The van der Waals surface area contributed by atoms with Gasteiger partial charge in [-0.2, -0.15) is 0 Å². The predicted octanol–water partition coefficient (Wildman–Crippen LogP) is 5.54. The van der Waals surface area contributed by atoms with Gasteiger partial charge in [0.05, 0.1) is 35.9 Å². The lowest BCUT2D eigenvalue weighted by molar-refractivity contribution is 0.613. The Bertz CT molecular complexity index is 1290. The van der Waals surface area contributed by atoms with Crippen molar-refractivity contribution in [3.8, 4) is 33.6 Å². The van der Waals surface area contributed by atoms with Gasteiger partial charge in [-0.3, -0.25) is 0 Å². The van der Waals surface area contributed by atoms with Crippen LogP contribution in [-0.2, 0) is 0 Å². The molecule has 2 saturated heterocycles. The minimum absolute atomic E-state index is 0.276. The van der Waals surface area contributed by atoms with Crippen LogP contribution >= 0.6 is 0 Å². The Morgan fingerprint density at radius 1 is 0.735 bits per heavy atom. The van der Waals surface area contributed by atoms with E-state index in [4.69, 9.17) is 0 Å². The quantitative estimate of drug-likeness (QED) is 0.301. The molecule has 4 aromatic rings. The van der Waals surface area contributed by atoms with Crippen LogP contribution in [0.15, 0.2) is 72.6 Å². The molecule has 6 heteroatoms. The second-order valence-corrected chi connectivity index (χ2v) is 9.25. The zero-order valence-electron chi connectivity index (χ0n) is 19.4. The first-order valence-corrected chi connectivity index (χ1v) is 12.2. The Morgan fingerprint density at radius 2 is 1.29 bits per heavy atom. The van der Waals surface area contributed by atoms with Gasteiger partial charge in [0.2, 0.25) is 0 Å². The molecule has 0 spiro atoms. The highest BCUT2D eigenvalue weighted by atomic mass is 15.0. The number of H-pyrrole nitrogens is 2. The smallest absolute Gasteiger partial charge is 0.124 e. The first-order chi connectivity index (χ1) is 16.8. The van der Waals surface area contributed by atoms with E-state index in [1.807, 2.05) is 12.4 Å². The lowest BCUT2D eigenvalue weighted by Gasteiger charge is -2.07. The van der Waals surface area contributed by atoms with Gasteiger partial charge >= 0.3 is 0 Å². The molecule has 2 aromatic carbocycles. The number of allylic oxidation sites excluding steroid dienone is 1. The van der Waals surface area contributed by atoms with Crippen LogP contribution in [0.25, 0.3) is 33.6 Å². The van der Waals surface area contributed by atoms with E-state index >= 15 is 0 Å². The Hall–Kier alpha value is -3.48. The molecule has 172 valence electrons. The number of hydrogen-bond donors (Lipinski definition) is 4. The molecule has 4 heterocycles. The van der Waals surface area contributed by atoms with E-state index in [9.17, 15) is 0 Å². The van der Waals surface area contributed by atoms with Gasteiger partial charge < -0.3 is 20.6 Å². The average molecular weight is 451 g/mol. The zero-order chi connectivity index (χ0) is 22.9. The molecule has 34 heavy (non-hydrogen) atoms. The van der Waals surface area contributed by atoms with Crippen molar-refractivity contribution in [3.05, 3.63) is 84.2 Å². The second-order valence-electron chi connectivity index (χ2n) is 9.25. The van der Waals surface area contributed by atoms with Crippen molar-refractivity contribution in [1.29, 1.82) is 0 Å². The lowest BCUT2D eigenvalue weighted by Crippen LogP contribution is -2.14. The minimum Gasteiger partial charge on any atom is -0.341 e. The van der Waals surface area contributed by atoms with Crippen molar-refractivity contribution in [2.45, 2.75) is 38.3 Å². The molecule has 0 bridgehead atoms. The van der Waals surface area contributed by atoms with Crippen molar-refractivity contribution < 1.29 is 0 Å². The van der Waals surface area contributed by atoms with Gasteiger partial charge in [-0.1, -0.05) is 60.2 Å². The van der Waals surface area contributed by atoms with Crippen LogP contribution in [0.2, 0.25) is 0 Å². The number of benzene rings is 2. The topological polar surface area (TPSA) is 81.4 Å². The third-order valence-electron chi connectivity index (χ3n) is 7.09. The molecule has 0 aliphatic carbocycles. The maximum absolute atomic E-state index is 4.63. The van der Waals surface area contributed by atoms with E-state index in [1.165, 1.54) is 23.1 Å². The van der Waals surface area contributed by atoms with Crippen LogP contribution in [-0.4, -0.2) is 33.0 Å². The molecular weight excluding hydrogens is 420 g/mol. The van der Waals surface area contributed by atoms with Crippen LogP contribution in [0.3, 0.4) is 0 Å². The third kappa shape index (κ3) is 4.11. The number of aromatic amines is 2. The van der Waals surface area contributed by atoms with E-state index in [-0.39, 0.29) is 6.04 Å². The average Bonchev–Trinajstić information content (AvgIpc) is 3.70. The van der Waals surface area contributed by atoms with Crippen LogP contribution in [0.1, 0.15) is 49.9 Å². The highest BCUT2D eigenvalue weighted by Crippen LogP contribution is 2.30. The standard InChI is InChI=1S/C28H30N6/c1-2-18-14-24(30-15-18)28-32-17-26(34-28)22-11-7-20(8-12-22)19-5-9-21(10-6-19)25-16-31-27(33-25)23-4-3-13-29-23/h2,5-12,16-17,23-24,29-30H,3-4,13-15H2,1H3,(H,31,33)(H,32,34). The Kier molecular flexibility index (Phi) is 5.61. The predicted molar refractivity (Wildman–Crippen MR) is 136 cm³/mol. The fraction of sp³-hybridized carbons (Fsp3) is 0.286. The molecule has 2 atom stereocenters. The van der Waals surface area contributed by atoms with E-state index in [0.717, 1.165) is 60.1 Å². The highest BCUT2D eigenvalue weighted by Gasteiger charge is 2.22. The molecule has 0 amide bonds. The fourth-order valence-electron chi connectivity index (χ4n) is 5.00. The summed E-state index contributed by atoms with van der Waals surface area (Å²) in [6, 6.07) is 18.0. The number of nitrogens with zero attached hydrogens (tertiary/aromatic N) is 2. The number of hydrogen-bond acceptors (Lipinski definition) is 4. The van der Waals surface area contributed by atoms with Gasteiger partial charge in [-0.25, -0.2) is 9.97 Å². The van der Waals surface area contributed by atoms with Crippen LogP contribution in [0.4, 0.5) is 0 Å². The molecule has 0 saturated carbocycles. The monoisotopic (exact) mass is 450 g/mol. The summed E-state index contributed by atoms with van der Waals surface area (Å²) in [7, 11) is 0. The number of rotatable bonds is 5. The van der Waals surface area contributed by atoms with Crippen LogP contribution in [0, 0.1) is 0 Å². The SMILES string of the molecule is CC=C1CNC(c2ncc(-c3ccc(-c4ccc(-c5cnc(C6CCCN6)[nH]5)cc4)cc3)[nH]2)C1. The first kappa shape index (κ1) is 21.1. The molecule has 0 radical (unpaired) electrons. The summed E-state index contributed by atoms with van der Waals surface area (Å²) in [5, 5.41) is 7.03. The van der Waals surface area contributed by atoms with E-state index in [0.29, 0.717) is 6.04 Å². The molecule has 6 nitrogen and oxygen atoms in total. The van der Waals surface area contributed by atoms with Crippen molar-refractivity contribution in [3.63, 3.8) is 0 Å². The molecule has 4 N–H and O–H groups in total. The van der Waals surface area contributed by atoms with Gasteiger partial charge in [0.1, 0.15) is 11.6 Å². The first-order valence-electron chi connectivity index (χ1n) is 12.2. The van der Waals surface area contributed by atoms with E-state index in [1.54, 1.807) is 0 Å². The highest BCUT2D eigenvalue weighted by molar-refractivity contribution is 5.71. The molecule has 2 aliphatic rings. The van der Waals surface area contributed by atoms with Crippen molar-refractivity contribution >= 4 is 0 Å². The van der Waals surface area contributed by atoms with Crippen molar-refractivity contribution in [2.24, 2.45) is 0 Å². The number of nitrogens with one attached hydrogen (secondary N) is 4. The van der Waals surface area contributed by atoms with Crippen molar-refractivity contribution in [2.75, 3.05) is 13.1 Å². The van der Waals surface area contributed by atoms with Gasteiger partial charge in [-0.05, 0) is 55.0 Å². The summed E-state index contributed by atoms with van der Waals surface area (Å²) >= 11 is 0. The Labute approximate surface area is 200 Å². The van der Waals surface area contributed by atoms with Gasteiger partial charge in [0.15, 0.2) is 0 Å². The lowest BCUT2D eigenvalue weighted by atomic mass is 10.0. The molecule has 2 aromatic heterocycles. The Morgan fingerprint density at radius 3 is 1.79 bits per heavy atom. The largest absolute Gasteiger partial charge is 0.341 e. The zero-order valence-corrected chi connectivity index (χ0v) is 19.4. The summed E-state index contributed by atoms with van der Waals surface area (Å²) in [4.78, 5) is 16.2. The van der Waals surface area contributed by atoms with Gasteiger partial charge in [0.25, 0.3) is 0 Å². The molecule has 6 rings (SSSR count). The summed E-state index contributed by atoms with van der Waals surface area (Å²) in [6.45, 7) is 4.12. The summed E-state index contributed by atoms with van der Waals surface area (Å²) < 4.78 is 0. The number of imidazole rings is 2. The maximum Gasteiger partial charge on any atom is 0.124 e. The van der Waals surface area contributed by atoms with Gasteiger partial charge in [0, 0.05) is 6.54 Å². The molecule has 2 fully saturated rings.